The quantitative estimate of drug-likeness (QED) is 0.708. The Hall–Kier alpha value is -2.43. The van der Waals surface area contributed by atoms with Crippen LogP contribution < -0.4 is 9.47 Å². The highest BCUT2D eigenvalue weighted by molar-refractivity contribution is 5.86. The number of hydrogen-bond donors (Lipinski definition) is 0. The third-order valence-electron chi connectivity index (χ3n) is 3.94. The second-order valence-electron chi connectivity index (χ2n) is 6.40. The first kappa shape index (κ1) is 17.4. The molecule has 0 amide bonds. The van der Waals surface area contributed by atoms with Crippen molar-refractivity contribution in [2.24, 2.45) is 0 Å². The number of alkyl halides is 3. The van der Waals surface area contributed by atoms with Gasteiger partial charge in [-0.25, -0.2) is 0 Å². The van der Waals surface area contributed by atoms with Gasteiger partial charge in [0, 0.05) is 11.6 Å². The van der Waals surface area contributed by atoms with E-state index >= 15 is 0 Å². The van der Waals surface area contributed by atoms with Gasteiger partial charge in [0.1, 0.15) is 17.1 Å². The van der Waals surface area contributed by atoms with Gasteiger partial charge in [0.2, 0.25) is 0 Å². The number of benzene rings is 2. The van der Waals surface area contributed by atoms with Crippen molar-refractivity contribution in [1.29, 1.82) is 0 Å². The fourth-order valence-corrected chi connectivity index (χ4v) is 2.99. The van der Waals surface area contributed by atoms with Crippen molar-refractivity contribution < 1.29 is 22.6 Å². The highest BCUT2D eigenvalue weighted by Gasteiger charge is 2.36. The lowest BCUT2D eigenvalue weighted by Crippen LogP contribution is -2.29. The van der Waals surface area contributed by atoms with E-state index in [9.17, 15) is 13.2 Å². The first-order chi connectivity index (χ1) is 11.7. The van der Waals surface area contributed by atoms with Crippen molar-refractivity contribution in [1.82, 2.24) is 0 Å². The van der Waals surface area contributed by atoms with Crippen LogP contribution in [0.2, 0.25) is 0 Å². The summed E-state index contributed by atoms with van der Waals surface area (Å²) in [6.07, 6.45) is -2.69. The maximum Gasteiger partial charge on any atom is 0.417 e. The molecular formula is C20H19F3O2. The van der Waals surface area contributed by atoms with E-state index in [0.717, 1.165) is 6.07 Å². The first-order valence-corrected chi connectivity index (χ1v) is 8.07. The van der Waals surface area contributed by atoms with E-state index in [4.69, 9.17) is 9.47 Å². The zero-order chi connectivity index (χ0) is 18.2. The van der Waals surface area contributed by atoms with Crippen LogP contribution in [0.15, 0.2) is 48.5 Å². The average molecular weight is 348 g/mol. The van der Waals surface area contributed by atoms with Crippen molar-refractivity contribution in [2.75, 3.05) is 6.61 Å². The Kier molecular flexibility index (Phi) is 4.27. The molecule has 0 aliphatic carbocycles. The highest BCUT2D eigenvalue weighted by Crippen LogP contribution is 2.44. The molecule has 0 radical (unpaired) electrons. The van der Waals surface area contributed by atoms with E-state index in [1.54, 1.807) is 30.3 Å². The van der Waals surface area contributed by atoms with Crippen LogP contribution in [-0.4, -0.2) is 12.2 Å². The third-order valence-corrected chi connectivity index (χ3v) is 3.94. The Morgan fingerprint density at radius 1 is 1.04 bits per heavy atom. The molecule has 0 atom stereocenters. The van der Waals surface area contributed by atoms with Crippen molar-refractivity contribution in [3.05, 3.63) is 65.2 Å². The fraction of sp³-hybridized carbons (Fsp3) is 0.300. The van der Waals surface area contributed by atoms with E-state index in [-0.39, 0.29) is 5.56 Å². The van der Waals surface area contributed by atoms with Crippen LogP contribution in [0, 0.1) is 0 Å². The topological polar surface area (TPSA) is 18.5 Å². The molecule has 0 aromatic heterocycles. The van der Waals surface area contributed by atoms with Crippen LogP contribution in [-0.2, 0) is 6.18 Å². The molecule has 5 heteroatoms. The number of rotatable bonds is 3. The Labute approximate surface area is 144 Å². The minimum absolute atomic E-state index is 0.150. The molecule has 0 saturated carbocycles. The van der Waals surface area contributed by atoms with Gasteiger partial charge < -0.3 is 9.47 Å². The Morgan fingerprint density at radius 2 is 1.76 bits per heavy atom. The number of halogens is 3. The van der Waals surface area contributed by atoms with Crippen molar-refractivity contribution in [3.63, 3.8) is 0 Å². The molecule has 1 aliphatic heterocycles. The molecule has 25 heavy (non-hydrogen) atoms. The van der Waals surface area contributed by atoms with E-state index < -0.39 is 17.3 Å². The van der Waals surface area contributed by atoms with E-state index in [1.807, 2.05) is 20.8 Å². The van der Waals surface area contributed by atoms with E-state index in [2.05, 4.69) is 0 Å². The maximum absolute atomic E-state index is 13.5. The molecular weight excluding hydrogens is 329 g/mol. The van der Waals surface area contributed by atoms with E-state index in [0.29, 0.717) is 29.2 Å². The highest BCUT2D eigenvalue weighted by atomic mass is 19.4. The lowest BCUT2D eigenvalue weighted by atomic mass is 9.87. The minimum Gasteiger partial charge on any atom is -0.494 e. The summed E-state index contributed by atoms with van der Waals surface area (Å²) in [6, 6.07) is 10.8. The monoisotopic (exact) mass is 348 g/mol. The fourth-order valence-electron chi connectivity index (χ4n) is 2.99. The molecule has 3 rings (SSSR count). The predicted molar refractivity (Wildman–Crippen MR) is 90.8 cm³/mol. The van der Waals surface area contributed by atoms with Crippen LogP contribution in [0.3, 0.4) is 0 Å². The minimum atomic E-state index is -4.43. The van der Waals surface area contributed by atoms with Gasteiger partial charge in [-0.05, 0) is 56.2 Å². The van der Waals surface area contributed by atoms with Crippen LogP contribution in [0.25, 0.3) is 5.57 Å². The van der Waals surface area contributed by atoms with Crippen LogP contribution in [0.5, 0.6) is 11.5 Å². The van der Waals surface area contributed by atoms with Crippen LogP contribution >= 0.6 is 0 Å². The van der Waals surface area contributed by atoms with Crippen LogP contribution in [0.4, 0.5) is 13.2 Å². The lowest BCUT2D eigenvalue weighted by Gasteiger charge is -2.32. The van der Waals surface area contributed by atoms with Gasteiger partial charge in [-0.1, -0.05) is 18.2 Å². The van der Waals surface area contributed by atoms with Gasteiger partial charge in [0.25, 0.3) is 0 Å². The van der Waals surface area contributed by atoms with Gasteiger partial charge in [-0.15, -0.1) is 0 Å². The molecule has 1 aliphatic rings. The Bertz CT molecular complexity index is 820. The molecule has 0 spiro atoms. The van der Waals surface area contributed by atoms with Gasteiger partial charge in [0.05, 0.1) is 12.2 Å². The average Bonchev–Trinajstić information content (AvgIpc) is 2.52. The molecule has 0 saturated heterocycles. The summed E-state index contributed by atoms with van der Waals surface area (Å²) in [5.74, 6) is 1.15. The summed E-state index contributed by atoms with van der Waals surface area (Å²) < 4.78 is 51.8. The summed E-state index contributed by atoms with van der Waals surface area (Å²) in [5.41, 5.74) is -0.0939. The Morgan fingerprint density at radius 3 is 2.44 bits per heavy atom. The van der Waals surface area contributed by atoms with Gasteiger partial charge in [-0.3, -0.25) is 0 Å². The van der Waals surface area contributed by atoms with Crippen molar-refractivity contribution in [3.8, 4) is 11.5 Å². The molecule has 2 aromatic rings. The van der Waals surface area contributed by atoms with Gasteiger partial charge >= 0.3 is 6.18 Å². The second-order valence-corrected chi connectivity index (χ2v) is 6.40. The molecule has 2 nitrogen and oxygen atoms in total. The zero-order valence-corrected chi connectivity index (χ0v) is 14.3. The predicted octanol–water partition coefficient (Wildman–Crippen LogP) is 5.71. The maximum atomic E-state index is 13.5. The third kappa shape index (κ3) is 3.50. The molecule has 132 valence electrons. The second kappa shape index (κ2) is 6.14. The van der Waals surface area contributed by atoms with Gasteiger partial charge in [0.15, 0.2) is 0 Å². The van der Waals surface area contributed by atoms with E-state index in [1.165, 1.54) is 12.1 Å². The van der Waals surface area contributed by atoms with Crippen molar-refractivity contribution >= 4 is 5.57 Å². The zero-order valence-electron chi connectivity index (χ0n) is 14.3. The summed E-state index contributed by atoms with van der Waals surface area (Å²) in [7, 11) is 0. The summed E-state index contributed by atoms with van der Waals surface area (Å²) in [4.78, 5) is 0. The largest absolute Gasteiger partial charge is 0.494 e. The summed E-state index contributed by atoms with van der Waals surface area (Å²) >= 11 is 0. The molecule has 2 aromatic carbocycles. The first-order valence-electron chi connectivity index (χ1n) is 8.07. The standard InChI is InChI=1S/C20H19F3O2/c1-4-24-13-9-10-15-16(12-19(2,3)25-18(15)11-13)14-7-5-6-8-17(14)20(21,22)23/h5-12H,4H2,1-3H3. The molecule has 0 fully saturated rings. The number of hydrogen-bond acceptors (Lipinski definition) is 2. The smallest absolute Gasteiger partial charge is 0.417 e. The summed E-state index contributed by atoms with van der Waals surface area (Å²) in [5, 5.41) is 0. The molecule has 1 heterocycles. The van der Waals surface area contributed by atoms with Crippen LogP contribution in [0.1, 0.15) is 37.5 Å². The number of ether oxygens (including phenoxy) is 2. The summed E-state index contributed by atoms with van der Waals surface area (Å²) in [6.45, 7) is 6.01. The molecule has 0 bridgehead atoms. The van der Waals surface area contributed by atoms with Crippen molar-refractivity contribution in [2.45, 2.75) is 32.5 Å². The van der Waals surface area contributed by atoms with Gasteiger partial charge in [-0.2, -0.15) is 13.2 Å². The molecule has 0 N–H and O–H groups in total. The lowest BCUT2D eigenvalue weighted by molar-refractivity contribution is -0.137. The number of fused-ring (bicyclic) bond motifs is 1. The SMILES string of the molecule is CCOc1ccc2c(c1)OC(C)(C)C=C2c1ccccc1C(F)(F)F. The Balaban J connectivity index is 2.19. The normalized spacial score (nSPS) is 15.8. The molecule has 0 unspecified atom stereocenters.